The van der Waals surface area contributed by atoms with Crippen molar-refractivity contribution in [2.75, 3.05) is 19.6 Å². The predicted molar refractivity (Wildman–Crippen MR) is 120 cm³/mol. The molecule has 1 N–H and O–H groups in total. The summed E-state index contributed by atoms with van der Waals surface area (Å²) in [5, 5.41) is 1.59. The summed E-state index contributed by atoms with van der Waals surface area (Å²) in [6.45, 7) is 11.2. The van der Waals surface area contributed by atoms with E-state index in [-0.39, 0.29) is 12.1 Å². The van der Waals surface area contributed by atoms with Gasteiger partial charge in [-0.1, -0.05) is 43.6 Å². The molecule has 1 unspecified atom stereocenters. The Morgan fingerprint density at radius 2 is 1.83 bits per heavy atom. The third-order valence-corrected chi connectivity index (χ3v) is 5.74. The predicted octanol–water partition coefficient (Wildman–Crippen LogP) is 5.93. The van der Waals surface area contributed by atoms with Crippen LogP contribution >= 0.6 is 11.6 Å². The van der Waals surface area contributed by atoms with Crippen LogP contribution in [0.15, 0.2) is 42.5 Å². The molecule has 0 radical (unpaired) electrons. The average molecular weight is 413 g/mol. The molecule has 29 heavy (non-hydrogen) atoms. The largest absolute Gasteiger partial charge is 0.454 e. The van der Waals surface area contributed by atoms with Gasteiger partial charge in [0, 0.05) is 28.2 Å². The minimum atomic E-state index is -0.352. The first-order chi connectivity index (χ1) is 13.9. The molecule has 0 saturated heterocycles. The topological polar surface area (TPSA) is 45.3 Å². The van der Waals surface area contributed by atoms with Gasteiger partial charge in [0.1, 0.15) is 6.10 Å². The fraction of sp³-hybridized carbons (Fsp3) is 0.375. The van der Waals surface area contributed by atoms with Crippen LogP contribution in [0.1, 0.15) is 54.1 Å². The van der Waals surface area contributed by atoms with E-state index in [1.807, 2.05) is 26.0 Å². The van der Waals surface area contributed by atoms with Crippen LogP contribution < -0.4 is 0 Å². The zero-order valence-electron chi connectivity index (χ0n) is 17.6. The van der Waals surface area contributed by atoms with Gasteiger partial charge in [0.25, 0.3) is 0 Å². The molecule has 154 valence electrons. The van der Waals surface area contributed by atoms with Crippen molar-refractivity contribution in [2.45, 2.75) is 40.2 Å². The monoisotopic (exact) mass is 412 g/mol. The van der Waals surface area contributed by atoms with Gasteiger partial charge in [-0.3, -0.25) is 0 Å². The van der Waals surface area contributed by atoms with Crippen molar-refractivity contribution in [3.63, 3.8) is 0 Å². The van der Waals surface area contributed by atoms with Crippen LogP contribution in [0.5, 0.6) is 0 Å². The van der Waals surface area contributed by atoms with Gasteiger partial charge in [-0.25, -0.2) is 4.79 Å². The number of likely N-dealkylation sites (N-methyl/N-ethyl adjacent to an activating group) is 1. The second-order valence-electron chi connectivity index (χ2n) is 7.38. The van der Waals surface area contributed by atoms with Crippen LogP contribution in [0.3, 0.4) is 0 Å². The number of halogens is 1. The van der Waals surface area contributed by atoms with Gasteiger partial charge in [0.2, 0.25) is 0 Å². The molecule has 3 rings (SSSR count). The number of H-pyrrole nitrogens is 1. The Kier molecular flexibility index (Phi) is 6.99. The fourth-order valence-corrected chi connectivity index (χ4v) is 3.77. The summed E-state index contributed by atoms with van der Waals surface area (Å²) in [5.41, 5.74) is 4.54. The highest BCUT2D eigenvalue weighted by Crippen LogP contribution is 2.27. The molecular formula is C24H29ClN2O2. The zero-order chi connectivity index (χ0) is 21.0. The highest BCUT2D eigenvalue weighted by molar-refractivity contribution is 6.30. The third-order valence-electron chi connectivity index (χ3n) is 5.49. The van der Waals surface area contributed by atoms with Gasteiger partial charge < -0.3 is 14.6 Å². The van der Waals surface area contributed by atoms with Crippen molar-refractivity contribution in [2.24, 2.45) is 0 Å². The van der Waals surface area contributed by atoms with E-state index in [1.165, 1.54) is 5.56 Å². The minimum Gasteiger partial charge on any atom is -0.454 e. The summed E-state index contributed by atoms with van der Waals surface area (Å²) < 4.78 is 5.77. The lowest BCUT2D eigenvalue weighted by Crippen LogP contribution is -2.25. The third kappa shape index (κ3) is 5.01. The summed E-state index contributed by atoms with van der Waals surface area (Å²) in [6.07, 6.45) is 0.604. The van der Waals surface area contributed by atoms with Crippen molar-refractivity contribution in [3.05, 3.63) is 69.9 Å². The Morgan fingerprint density at radius 1 is 1.14 bits per heavy atom. The molecule has 0 fully saturated rings. The van der Waals surface area contributed by atoms with Crippen LogP contribution in [0.2, 0.25) is 5.02 Å². The second kappa shape index (κ2) is 9.47. The number of hydrogen-bond donors (Lipinski definition) is 1. The number of aromatic amines is 1. The molecule has 3 aromatic rings. The van der Waals surface area contributed by atoms with E-state index in [4.69, 9.17) is 16.3 Å². The molecule has 0 aliphatic heterocycles. The number of carbonyl (C=O) groups excluding carboxylic acids is 1. The van der Waals surface area contributed by atoms with Gasteiger partial charge >= 0.3 is 5.97 Å². The number of carbonyl (C=O) groups is 1. The Bertz CT molecular complexity index is 974. The van der Waals surface area contributed by atoms with Gasteiger partial charge in [0.15, 0.2) is 0 Å². The standard InChI is InChI=1S/C24H29ClN2O2/c1-5-27(6-2)14-13-18-7-12-22-21(15-18)23(16(3)26-22)24(28)29-17(4)19-8-10-20(25)11-9-19/h7-12,15,17,26H,5-6,13-14H2,1-4H3. The van der Waals surface area contributed by atoms with E-state index in [0.29, 0.717) is 10.6 Å². The molecule has 4 nitrogen and oxygen atoms in total. The number of nitrogens with zero attached hydrogens (tertiary/aromatic N) is 1. The van der Waals surface area contributed by atoms with Crippen molar-refractivity contribution in [1.82, 2.24) is 9.88 Å². The number of aryl methyl sites for hydroxylation is 1. The Morgan fingerprint density at radius 3 is 2.48 bits per heavy atom. The first kappa shape index (κ1) is 21.4. The molecule has 1 heterocycles. The number of fused-ring (bicyclic) bond motifs is 1. The lowest BCUT2D eigenvalue weighted by Gasteiger charge is -2.17. The van der Waals surface area contributed by atoms with Crippen LogP contribution in [-0.2, 0) is 11.2 Å². The number of ether oxygens (including phenoxy) is 1. The van der Waals surface area contributed by atoms with Crippen molar-refractivity contribution < 1.29 is 9.53 Å². The number of aromatic nitrogens is 1. The Labute approximate surface area is 177 Å². The lowest BCUT2D eigenvalue weighted by atomic mass is 10.1. The van der Waals surface area contributed by atoms with E-state index < -0.39 is 0 Å². The molecule has 2 aromatic carbocycles. The smallest absolute Gasteiger partial charge is 0.341 e. The van der Waals surface area contributed by atoms with Gasteiger partial charge in [-0.15, -0.1) is 0 Å². The summed E-state index contributed by atoms with van der Waals surface area (Å²) in [4.78, 5) is 18.7. The van der Waals surface area contributed by atoms with Gasteiger partial charge in [-0.2, -0.15) is 0 Å². The van der Waals surface area contributed by atoms with E-state index in [0.717, 1.165) is 48.2 Å². The summed E-state index contributed by atoms with van der Waals surface area (Å²) >= 11 is 5.95. The molecule has 0 aliphatic carbocycles. The maximum Gasteiger partial charge on any atom is 0.341 e. The quantitative estimate of drug-likeness (QED) is 0.466. The van der Waals surface area contributed by atoms with E-state index in [9.17, 15) is 4.79 Å². The molecular weight excluding hydrogens is 384 g/mol. The fourth-order valence-electron chi connectivity index (χ4n) is 3.64. The normalized spacial score (nSPS) is 12.5. The molecule has 0 aliphatic rings. The zero-order valence-corrected chi connectivity index (χ0v) is 18.3. The number of nitrogens with one attached hydrogen (secondary N) is 1. The average Bonchev–Trinajstić information content (AvgIpc) is 3.04. The second-order valence-corrected chi connectivity index (χ2v) is 7.82. The highest BCUT2D eigenvalue weighted by atomic mass is 35.5. The first-order valence-electron chi connectivity index (χ1n) is 10.2. The van der Waals surface area contributed by atoms with E-state index in [1.54, 1.807) is 12.1 Å². The maximum atomic E-state index is 13.0. The molecule has 1 aromatic heterocycles. The Hall–Kier alpha value is -2.30. The van der Waals surface area contributed by atoms with E-state index >= 15 is 0 Å². The van der Waals surface area contributed by atoms with Crippen LogP contribution in [-0.4, -0.2) is 35.5 Å². The van der Waals surface area contributed by atoms with Crippen LogP contribution in [0.25, 0.3) is 10.9 Å². The maximum absolute atomic E-state index is 13.0. The molecule has 1 atom stereocenters. The molecule has 0 saturated carbocycles. The van der Waals surface area contributed by atoms with E-state index in [2.05, 4.69) is 41.9 Å². The summed E-state index contributed by atoms with van der Waals surface area (Å²) in [7, 11) is 0. The number of rotatable bonds is 8. The van der Waals surface area contributed by atoms with Gasteiger partial charge in [-0.05, 0) is 68.8 Å². The van der Waals surface area contributed by atoms with Crippen molar-refractivity contribution >= 4 is 28.5 Å². The first-order valence-corrected chi connectivity index (χ1v) is 10.6. The summed E-state index contributed by atoms with van der Waals surface area (Å²) in [6, 6.07) is 13.7. The minimum absolute atomic E-state index is 0.308. The molecule has 0 bridgehead atoms. The van der Waals surface area contributed by atoms with Crippen LogP contribution in [0, 0.1) is 6.92 Å². The number of benzene rings is 2. The number of esters is 1. The van der Waals surface area contributed by atoms with Crippen LogP contribution in [0.4, 0.5) is 0 Å². The lowest BCUT2D eigenvalue weighted by molar-refractivity contribution is 0.0339. The molecule has 0 spiro atoms. The Balaban J connectivity index is 1.81. The van der Waals surface area contributed by atoms with Crippen molar-refractivity contribution in [3.8, 4) is 0 Å². The SMILES string of the molecule is CCN(CC)CCc1ccc2[nH]c(C)c(C(=O)OC(C)c3ccc(Cl)cc3)c2c1. The molecule has 0 amide bonds. The molecule has 5 heteroatoms. The summed E-state index contributed by atoms with van der Waals surface area (Å²) in [5.74, 6) is -0.308. The van der Waals surface area contributed by atoms with Gasteiger partial charge in [0.05, 0.1) is 5.56 Å². The van der Waals surface area contributed by atoms with Crippen molar-refractivity contribution in [1.29, 1.82) is 0 Å². The number of hydrogen-bond acceptors (Lipinski definition) is 3. The highest BCUT2D eigenvalue weighted by Gasteiger charge is 2.20.